The van der Waals surface area contributed by atoms with Crippen molar-refractivity contribution in [3.05, 3.63) is 71.3 Å². The summed E-state index contributed by atoms with van der Waals surface area (Å²) in [6, 6.07) is 17.3. The second kappa shape index (κ2) is 5.96. The number of carboxylic acid groups (broad SMARTS) is 1. The Hall–Kier alpha value is -2.42. The first kappa shape index (κ1) is 13.0. The molecule has 96 valence electrons. The van der Waals surface area contributed by atoms with E-state index in [1.165, 1.54) is 0 Å². The number of rotatable bonds is 5. The fourth-order valence-electron chi connectivity index (χ4n) is 1.97. The topological polar surface area (TPSA) is 54.4 Å². The van der Waals surface area contributed by atoms with Crippen LogP contribution in [0, 0.1) is 0 Å². The summed E-state index contributed by atoms with van der Waals surface area (Å²) in [4.78, 5) is 21.9. The van der Waals surface area contributed by atoms with Crippen molar-refractivity contribution >= 4 is 11.8 Å². The van der Waals surface area contributed by atoms with Gasteiger partial charge in [-0.05, 0) is 23.1 Å². The van der Waals surface area contributed by atoms with Crippen LogP contribution in [0.15, 0.2) is 54.6 Å². The van der Waals surface area contributed by atoms with Gasteiger partial charge in [0.1, 0.15) is 0 Å². The van der Waals surface area contributed by atoms with Crippen LogP contribution in [0.3, 0.4) is 0 Å². The normalized spacial score (nSPS) is 10.1. The molecule has 0 aliphatic rings. The highest BCUT2D eigenvalue weighted by molar-refractivity contribution is 6.33. The fraction of sp³-hybridized carbons (Fsp3) is 0.125. The van der Waals surface area contributed by atoms with Crippen LogP contribution in [-0.2, 0) is 22.4 Å². The number of Topliss-reactive ketones (excluding diaryl/α,β-unsaturated/α-hetero) is 1. The van der Waals surface area contributed by atoms with Crippen molar-refractivity contribution in [1.29, 1.82) is 0 Å². The van der Waals surface area contributed by atoms with Gasteiger partial charge in [0.25, 0.3) is 0 Å². The van der Waals surface area contributed by atoms with Crippen molar-refractivity contribution in [1.82, 2.24) is 0 Å². The molecule has 0 aromatic heterocycles. The third kappa shape index (κ3) is 3.52. The molecule has 3 nitrogen and oxygen atoms in total. The van der Waals surface area contributed by atoms with Gasteiger partial charge in [-0.25, -0.2) is 4.79 Å². The van der Waals surface area contributed by atoms with Crippen molar-refractivity contribution in [3.8, 4) is 0 Å². The summed E-state index contributed by atoms with van der Waals surface area (Å²) >= 11 is 0. The van der Waals surface area contributed by atoms with Crippen LogP contribution in [0.4, 0.5) is 0 Å². The van der Waals surface area contributed by atoms with Gasteiger partial charge in [-0.1, -0.05) is 54.6 Å². The molecule has 0 heterocycles. The Bertz CT molecular complexity index is 588. The molecule has 0 spiro atoms. The zero-order chi connectivity index (χ0) is 13.7. The highest BCUT2D eigenvalue weighted by Crippen LogP contribution is 2.15. The second-order valence-corrected chi connectivity index (χ2v) is 4.34. The largest absolute Gasteiger partial charge is 0.475 e. The number of aliphatic carboxylic acids is 1. The minimum Gasteiger partial charge on any atom is -0.475 e. The molecule has 0 saturated heterocycles. The fourth-order valence-corrected chi connectivity index (χ4v) is 1.97. The molecule has 2 rings (SSSR count). The summed E-state index contributed by atoms with van der Waals surface area (Å²) in [5, 5.41) is 8.67. The van der Waals surface area contributed by atoms with Gasteiger partial charge in [-0.15, -0.1) is 0 Å². The summed E-state index contributed by atoms with van der Waals surface area (Å²) < 4.78 is 0. The van der Waals surface area contributed by atoms with Gasteiger partial charge in [0.15, 0.2) is 0 Å². The molecule has 0 aliphatic heterocycles. The predicted octanol–water partition coefficient (Wildman–Crippen LogP) is 2.47. The van der Waals surface area contributed by atoms with E-state index in [1.54, 1.807) is 6.07 Å². The van der Waals surface area contributed by atoms with Crippen molar-refractivity contribution in [2.24, 2.45) is 0 Å². The van der Waals surface area contributed by atoms with Gasteiger partial charge in [-0.2, -0.15) is 0 Å². The van der Waals surface area contributed by atoms with Crippen LogP contribution in [-0.4, -0.2) is 16.9 Å². The van der Waals surface area contributed by atoms with E-state index in [-0.39, 0.29) is 6.42 Å². The van der Waals surface area contributed by atoms with Gasteiger partial charge in [0, 0.05) is 6.42 Å². The summed E-state index contributed by atoms with van der Waals surface area (Å²) in [6.45, 7) is 0. The summed E-state index contributed by atoms with van der Waals surface area (Å²) in [5.41, 5.74) is 2.90. The Morgan fingerprint density at radius 2 is 1.42 bits per heavy atom. The van der Waals surface area contributed by atoms with Crippen LogP contribution in [0.5, 0.6) is 0 Å². The zero-order valence-corrected chi connectivity index (χ0v) is 10.4. The third-order valence-corrected chi connectivity index (χ3v) is 2.95. The molecular weight excluding hydrogens is 240 g/mol. The molecule has 0 amide bonds. The molecule has 0 fully saturated rings. The van der Waals surface area contributed by atoms with Crippen LogP contribution in [0.2, 0.25) is 0 Å². The first-order valence-electron chi connectivity index (χ1n) is 6.03. The average molecular weight is 254 g/mol. The quantitative estimate of drug-likeness (QED) is 0.834. The third-order valence-electron chi connectivity index (χ3n) is 2.95. The molecule has 0 saturated carbocycles. The standard InChI is InChI=1S/C16H14O3/c17-15(16(18)19)11-14-9-5-4-8-13(14)10-12-6-2-1-3-7-12/h1-9H,10-11H2,(H,18,19). The van der Waals surface area contributed by atoms with E-state index in [2.05, 4.69) is 0 Å². The van der Waals surface area contributed by atoms with Crippen LogP contribution in [0.1, 0.15) is 16.7 Å². The van der Waals surface area contributed by atoms with Crippen molar-refractivity contribution < 1.29 is 14.7 Å². The number of carbonyl (C=O) groups excluding carboxylic acids is 1. The first-order chi connectivity index (χ1) is 9.16. The lowest BCUT2D eigenvalue weighted by Crippen LogP contribution is -2.16. The van der Waals surface area contributed by atoms with Crippen LogP contribution >= 0.6 is 0 Å². The number of ketones is 1. The Morgan fingerprint density at radius 1 is 0.842 bits per heavy atom. The first-order valence-corrected chi connectivity index (χ1v) is 6.03. The maximum Gasteiger partial charge on any atom is 0.372 e. The Labute approximate surface area is 111 Å². The van der Waals surface area contributed by atoms with Gasteiger partial charge in [0.2, 0.25) is 5.78 Å². The Kier molecular flexibility index (Phi) is 4.08. The van der Waals surface area contributed by atoms with Gasteiger partial charge < -0.3 is 5.11 Å². The lowest BCUT2D eigenvalue weighted by Gasteiger charge is -2.08. The SMILES string of the molecule is O=C(O)C(=O)Cc1ccccc1Cc1ccccc1. The second-order valence-electron chi connectivity index (χ2n) is 4.34. The number of hydrogen-bond donors (Lipinski definition) is 1. The van der Waals surface area contributed by atoms with E-state index >= 15 is 0 Å². The number of hydrogen-bond acceptors (Lipinski definition) is 2. The number of benzene rings is 2. The smallest absolute Gasteiger partial charge is 0.372 e. The molecule has 2 aromatic rings. The molecule has 19 heavy (non-hydrogen) atoms. The highest BCUT2D eigenvalue weighted by atomic mass is 16.4. The van der Waals surface area contributed by atoms with Gasteiger partial charge in [-0.3, -0.25) is 4.79 Å². The van der Waals surface area contributed by atoms with Crippen molar-refractivity contribution in [3.63, 3.8) is 0 Å². The maximum absolute atomic E-state index is 11.3. The minimum atomic E-state index is -1.38. The summed E-state index contributed by atoms with van der Waals surface area (Å²) in [5.74, 6) is -2.16. The van der Waals surface area contributed by atoms with Gasteiger partial charge in [0.05, 0.1) is 0 Å². The van der Waals surface area contributed by atoms with Crippen molar-refractivity contribution in [2.75, 3.05) is 0 Å². The molecule has 0 bridgehead atoms. The molecule has 1 N–H and O–H groups in total. The number of carbonyl (C=O) groups is 2. The van der Waals surface area contributed by atoms with E-state index < -0.39 is 11.8 Å². The highest BCUT2D eigenvalue weighted by Gasteiger charge is 2.14. The maximum atomic E-state index is 11.3. The molecule has 0 aliphatic carbocycles. The Balaban J connectivity index is 2.21. The van der Waals surface area contributed by atoms with Crippen LogP contribution < -0.4 is 0 Å². The van der Waals surface area contributed by atoms with Crippen LogP contribution in [0.25, 0.3) is 0 Å². The predicted molar refractivity (Wildman–Crippen MR) is 72.0 cm³/mol. The van der Waals surface area contributed by atoms with Crippen molar-refractivity contribution in [2.45, 2.75) is 12.8 Å². The van der Waals surface area contributed by atoms with E-state index in [4.69, 9.17) is 5.11 Å². The molecular formula is C16H14O3. The van der Waals surface area contributed by atoms with E-state index in [0.717, 1.165) is 16.7 Å². The summed E-state index contributed by atoms with van der Waals surface area (Å²) in [6.07, 6.45) is 0.641. The minimum absolute atomic E-state index is 0.0572. The monoisotopic (exact) mass is 254 g/mol. The molecule has 0 unspecified atom stereocenters. The van der Waals surface area contributed by atoms with E-state index in [1.807, 2.05) is 48.5 Å². The lowest BCUT2D eigenvalue weighted by molar-refractivity contribution is -0.148. The van der Waals surface area contributed by atoms with E-state index in [9.17, 15) is 9.59 Å². The molecule has 0 radical (unpaired) electrons. The summed E-state index contributed by atoms with van der Waals surface area (Å²) in [7, 11) is 0. The lowest BCUT2D eigenvalue weighted by atomic mass is 9.97. The van der Waals surface area contributed by atoms with Gasteiger partial charge >= 0.3 is 5.97 Å². The molecule has 2 aromatic carbocycles. The average Bonchev–Trinajstić information content (AvgIpc) is 2.42. The zero-order valence-electron chi connectivity index (χ0n) is 10.4. The van der Waals surface area contributed by atoms with E-state index in [0.29, 0.717) is 6.42 Å². The Morgan fingerprint density at radius 3 is 2.05 bits per heavy atom. The molecule has 3 heteroatoms. The molecule has 0 atom stereocenters. The number of carboxylic acids is 1.